The van der Waals surface area contributed by atoms with Crippen molar-refractivity contribution in [2.75, 3.05) is 0 Å². The molecule has 4 rings (SSSR count). The van der Waals surface area contributed by atoms with E-state index in [0.29, 0.717) is 22.9 Å². The van der Waals surface area contributed by atoms with Crippen molar-refractivity contribution in [2.24, 2.45) is 11.0 Å². The van der Waals surface area contributed by atoms with Gasteiger partial charge >= 0.3 is 0 Å². The predicted octanol–water partition coefficient (Wildman–Crippen LogP) is 7.39. The number of amides is 2. The van der Waals surface area contributed by atoms with E-state index in [4.69, 9.17) is 27.9 Å². The molecule has 1 atom stereocenters. The Morgan fingerprint density at radius 2 is 1.72 bits per heavy atom. The van der Waals surface area contributed by atoms with Crippen LogP contribution in [0.25, 0.3) is 10.8 Å². The van der Waals surface area contributed by atoms with Crippen LogP contribution < -0.4 is 15.5 Å². The topological polar surface area (TPSA) is 79.8 Å². The van der Waals surface area contributed by atoms with Gasteiger partial charge in [0.1, 0.15) is 18.4 Å². The first kappa shape index (κ1) is 28.6. The minimum absolute atomic E-state index is 0.200. The van der Waals surface area contributed by atoms with Gasteiger partial charge in [0.2, 0.25) is 0 Å². The molecule has 0 saturated heterocycles. The number of carbonyl (C=O) groups excluding carboxylic acids is 2. The van der Waals surface area contributed by atoms with Gasteiger partial charge in [0.05, 0.1) is 16.3 Å². The first-order valence-corrected chi connectivity index (χ1v) is 13.8. The molecule has 0 aliphatic rings. The summed E-state index contributed by atoms with van der Waals surface area (Å²) in [5.74, 6) is -0.464. The summed E-state index contributed by atoms with van der Waals surface area (Å²) in [4.78, 5) is 25.8. The van der Waals surface area contributed by atoms with Crippen LogP contribution in [-0.2, 0) is 11.4 Å². The number of halogens is 3. The Bertz CT molecular complexity index is 1520. The monoisotopic (exact) mass is 625 g/mol. The van der Waals surface area contributed by atoms with Gasteiger partial charge in [-0.15, -0.1) is 0 Å². The third kappa shape index (κ3) is 7.38. The van der Waals surface area contributed by atoms with Gasteiger partial charge in [-0.1, -0.05) is 95.4 Å². The SMILES string of the molecule is CC(C)C(NC(=O)c1ccc(Cl)c(Cl)c1)C(=O)NN=Cc1c(OCc2ccc(Br)cc2)ccc2ccccc12. The van der Waals surface area contributed by atoms with Gasteiger partial charge < -0.3 is 10.1 Å². The summed E-state index contributed by atoms with van der Waals surface area (Å²) in [5, 5.41) is 9.52. The molecule has 39 heavy (non-hydrogen) atoms. The summed E-state index contributed by atoms with van der Waals surface area (Å²) >= 11 is 15.4. The van der Waals surface area contributed by atoms with Crippen LogP contribution in [0, 0.1) is 5.92 Å². The van der Waals surface area contributed by atoms with Crippen molar-refractivity contribution in [1.82, 2.24) is 10.7 Å². The van der Waals surface area contributed by atoms with E-state index in [1.165, 1.54) is 12.1 Å². The van der Waals surface area contributed by atoms with Crippen LogP contribution in [0.3, 0.4) is 0 Å². The number of carbonyl (C=O) groups is 2. The lowest BCUT2D eigenvalue weighted by atomic mass is 10.0. The number of rotatable bonds is 9. The van der Waals surface area contributed by atoms with Crippen LogP contribution in [0.4, 0.5) is 0 Å². The van der Waals surface area contributed by atoms with E-state index in [9.17, 15) is 9.59 Å². The number of nitrogens with zero attached hydrogens (tertiary/aromatic N) is 1. The van der Waals surface area contributed by atoms with Gasteiger partial charge in [0.15, 0.2) is 0 Å². The van der Waals surface area contributed by atoms with Crippen molar-refractivity contribution in [1.29, 1.82) is 0 Å². The lowest BCUT2D eigenvalue weighted by molar-refractivity contribution is -0.123. The van der Waals surface area contributed by atoms with Crippen LogP contribution >= 0.6 is 39.1 Å². The molecule has 4 aromatic carbocycles. The lowest BCUT2D eigenvalue weighted by Crippen LogP contribution is -2.48. The Kier molecular flexibility index (Phi) is 9.62. The zero-order valence-electron chi connectivity index (χ0n) is 21.3. The molecular formula is C30H26BrCl2N3O3. The summed E-state index contributed by atoms with van der Waals surface area (Å²) in [6.07, 6.45) is 1.56. The fourth-order valence-electron chi connectivity index (χ4n) is 3.90. The smallest absolute Gasteiger partial charge is 0.262 e. The lowest BCUT2D eigenvalue weighted by Gasteiger charge is -2.20. The number of hydrogen-bond donors (Lipinski definition) is 2. The van der Waals surface area contributed by atoms with Gasteiger partial charge in [-0.25, -0.2) is 5.43 Å². The normalized spacial score (nSPS) is 12.1. The summed E-state index contributed by atoms with van der Waals surface area (Å²) in [6.45, 7) is 4.04. The molecule has 1 unspecified atom stereocenters. The highest BCUT2D eigenvalue weighted by atomic mass is 79.9. The molecule has 9 heteroatoms. The zero-order chi connectivity index (χ0) is 27.9. The fraction of sp³-hybridized carbons (Fsp3) is 0.167. The maximum atomic E-state index is 13.0. The zero-order valence-corrected chi connectivity index (χ0v) is 24.3. The maximum absolute atomic E-state index is 13.0. The highest BCUT2D eigenvalue weighted by molar-refractivity contribution is 9.10. The molecule has 4 aromatic rings. The van der Waals surface area contributed by atoms with E-state index in [1.807, 2.05) is 74.5 Å². The van der Waals surface area contributed by atoms with Crippen molar-refractivity contribution in [2.45, 2.75) is 26.5 Å². The molecule has 0 radical (unpaired) electrons. The Morgan fingerprint density at radius 3 is 2.44 bits per heavy atom. The minimum atomic E-state index is -0.829. The van der Waals surface area contributed by atoms with Crippen molar-refractivity contribution in [3.63, 3.8) is 0 Å². The van der Waals surface area contributed by atoms with Gasteiger partial charge in [-0.3, -0.25) is 9.59 Å². The summed E-state index contributed by atoms with van der Waals surface area (Å²) in [5.41, 5.74) is 4.61. The number of nitrogens with one attached hydrogen (secondary N) is 2. The van der Waals surface area contributed by atoms with Crippen molar-refractivity contribution >= 4 is 67.9 Å². The number of benzene rings is 4. The number of hydrazone groups is 1. The van der Waals surface area contributed by atoms with Gasteiger partial charge in [-0.05, 0) is 58.7 Å². The van der Waals surface area contributed by atoms with E-state index in [0.717, 1.165) is 26.4 Å². The van der Waals surface area contributed by atoms with Crippen LogP contribution in [0.5, 0.6) is 5.75 Å². The summed E-state index contributed by atoms with van der Waals surface area (Å²) < 4.78 is 7.13. The average molecular weight is 627 g/mol. The largest absolute Gasteiger partial charge is 0.488 e. The molecule has 0 saturated carbocycles. The van der Waals surface area contributed by atoms with Crippen molar-refractivity contribution in [3.05, 3.63) is 110 Å². The van der Waals surface area contributed by atoms with Crippen LogP contribution in [0.2, 0.25) is 10.0 Å². The average Bonchev–Trinajstić information content (AvgIpc) is 2.93. The minimum Gasteiger partial charge on any atom is -0.488 e. The van der Waals surface area contributed by atoms with E-state index in [1.54, 1.807) is 12.3 Å². The predicted molar refractivity (Wildman–Crippen MR) is 161 cm³/mol. The summed E-state index contributed by atoms with van der Waals surface area (Å²) in [7, 11) is 0. The molecule has 0 bridgehead atoms. The maximum Gasteiger partial charge on any atom is 0.262 e. The molecule has 0 fully saturated rings. The summed E-state index contributed by atoms with van der Waals surface area (Å²) in [6, 6.07) is 23.3. The molecule has 6 nitrogen and oxygen atoms in total. The van der Waals surface area contributed by atoms with E-state index in [2.05, 4.69) is 31.8 Å². The number of fused-ring (bicyclic) bond motifs is 1. The van der Waals surface area contributed by atoms with Crippen LogP contribution in [-0.4, -0.2) is 24.1 Å². The second-order valence-electron chi connectivity index (χ2n) is 9.17. The number of hydrogen-bond acceptors (Lipinski definition) is 4. The molecule has 2 N–H and O–H groups in total. The molecule has 0 heterocycles. The standard InChI is InChI=1S/C30H26BrCl2N3O3/c1-18(2)28(35-29(37)21-9-13-25(32)26(33)15-21)30(38)36-34-16-24-23-6-4-3-5-20(23)10-14-27(24)39-17-19-7-11-22(31)12-8-19/h3-16,18,28H,17H2,1-2H3,(H,35,37)(H,36,38). The molecule has 2 amide bonds. The van der Waals surface area contributed by atoms with Crippen molar-refractivity contribution in [3.8, 4) is 5.75 Å². The van der Waals surface area contributed by atoms with E-state index < -0.39 is 17.9 Å². The third-order valence-corrected chi connectivity index (χ3v) is 7.29. The highest BCUT2D eigenvalue weighted by Crippen LogP contribution is 2.28. The second kappa shape index (κ2) is 13.1. The Balaban J connectivity index is 1.51. The quantitative estimate of drug-likeness (QED) is 0.150. The first-order valence-electron chi connectivity index (χ1n) is 12.2. The Labute approximate surface area is 245 Å². The molecule has 200 valence electrons. The molecule has 0 aromatic heterocycles. The molecule has 0 aliphatic carbocycles. The Hall–Kier alpha value is -3.39. The molecular weight excluding hydrogens is 601 g/mol. The van der Waals surface area contributed by atoms with Gasteiger partial charge in [0, 0.05) is 15.6 Å². The molecule has 0 spiro atoms. The Morgan fingerprint density at radius 1 is 0.974 bits per heavy atom. The molecule has 0 aliphatic heterocycles. The van der Waals surface area contributed by atoms with Crippen molar-refractivity contribution < 1.29 is 14.3 Å². The van der Waals surface area contributed by atoms with Gasteiger partial charge in [0.25, 0.3) is 11.8 Å². The van der Waals surface area contributed by atoms with E-state index in [-0.39, 0.29) is 10.9 Å². The third-order valence-electron chi connectivity index (χ3n) is 6.02. The van der Waals surface area contributed by atoms with E-state index >= 15 is 0 Å². The first-order chi connectivity index (χ1) is 18.7. The van der Waals surface area contributed by atoms with Crippen LogP contribution in [0.1, 0.15) is 35.3 Å². The van der Waals surface area contributed by atoms with Crippen LogP contribution in [0.15, 0.2) is 88.4 Å². The fourth-order valence-corrected chi connectivity index (χ4v) is 4.47. The second-order valence-corrected chi connectivity index (χ2v) is 10.9. The van der Waals surface area contributed by atoms with Gasteiger partial charge in [-0.2, -0.15) is 5.10 Å². The highest BCUT2D eigenvalue weighted by Gasteiger charge is 2.25. The number of ether oxygens (including phenoxy) is 1.